The van der Waals surface area contributed by atoms with Crippen molar-refractivity contribution in [2.24, 2.45) is 5.92 Å². The normalized spacial score (nSPS) is 19.2. The Morgan fingerprint density at radius 3 is 3.00 bits per heavy atom. The molecule has 1 aromatic rings. The average molecular weight is 266 g/mol. The molecule has 0 aromatic carbocycles. The molecule has 1 atom stereocenters. The van der Waals surface area contributed by atoms with Gasteiger partial charge in [0.05, 0.1) is 19.6 Å². The molecular weight excluding hydrogens is 248 g/mol. The Labute approximate surface area is 111 Å². The molecule has 0 N–H and O–H groups in total. The fraction of sp³-hybridized carbons (Fsp3) is 0.667. The number of likely N-dealkylation sites (tertiary alicyclic amines) is 1. The molecule has 0 bridgehead atoms. The van der Waals surface area contributed by atoms with Gasteiger partial charge < -0.3 is 9.64 Å². The zero-order valence-corrected chi connectivity index (χ0v) is 11.0. The number of ether oxygens (including phenoxy) is 1. The van der Waals surface area contributed by atoms with Gasteiger partial charge in [0.25, 0.3) is 0 Å². The largest absolute Gasteiger partial charge is 0.469 e. The molecule has 1 fully saturated rings. The molecule has 0 radical (unpaired) electrons. The van der Waals surface area contributed by atoms with Gasteiger partial charge in [0.15, 0.2) is 0 Å². The Kier molecular flexibility index (Phi) is 4.48. The first-order valence-electron chi connectivity index (χ1n) is 6.38. The van der Waals surface area contributed by atoms with Crippen LogP contribution in [0.1, 0.15) is 19.3 Å². The van der Waals surface area contributed by atoms with Crippen molar-refractivity contribution in [3.05, 3.63) is 12.7 Å². The summed E-state index contributed by atoms with van der Waals surface area (Å²) in [6.07, 6.45) is 5.03. The first kappa shape index (κ1) is 13.5. The van der Waals surface area contributed by atoms with Crippen molar-refractivity contribution in [2.75, 3.05) is 20.2 Å². The summed E-state index contributed by atoms with van der Waals surface area (Å²) in [5.74, 6) is -0.369. The lowest BCUT2D eigenvalue weighted by atomic mass is 9.98. The fourth-order valence-electron chi connectivity index (χ4n) is 2.28. The molecule has 2 rings (SSSR count). The quantitative estimate of drug-likeness (QED) is 0.721. The molecule has 0 aliphatic carbocycles. The van der Waals surface area contributed by atoms with Crippen LogP contribution in [0.15, 0.2) is 12.7 Å². The number of piperidine rings is 1. The summed E-state index contributed by atoms with van der Waals surface area (Å²) in [7, 11) is 1.38. The average Bonchev–Trinajstić information content (AvgIpc) is 2.97. The number of nitrogens with zero attached hydrogens (tertiary/aromatic N) is 4. The lowest BCUT2D eigenvalue weighted by Crippen LogP contribution is -2.42. The van der Waals surface area contributed by atoms with Gasteiger partial charge in [-0.2, -0.15) is 5.10 Å². The number of esters is 1. The van der Waals surface area contributed by atoms with Crippen molar-refractivity contribution in [1.82, 2.24) is 19.7 Å². The van der Waals surface area contributed by atoms with Gasteiger partial charge in [0.2, 0.25) is 5.91 Å². The molecule has 104 valence electrons. The molecule has 2 heterocycles. The van der Waals surface area contributed by atoms with Crippen LogP contribution in [0, 0.1) is 5.92 Å². The van der Waals surface area contributed by atoms with Gasteiger partial charge in [-0.3, -0.25) is 14.3 Å². The van der Waals surface area contributed by atoms with Gasteiger partial charge in [-0.25, -0.2) is 4.98 Å². The number of hydrogen-bond acceptors (Lipinski definition) is 5. The standard InChI is InChI=1S/C12H18N4O3/c1-19-12(18)10-3-2-5-15(7-10)11(17)4-6-16-9-13-8-14-16/h8-10H,2-7H2,1H3. The summed E-state index contributed by atoms with van der Waals surface area (Å²) < 4.78 is 6.36. The first-order chi connectivity index (χ1) is 9.20. The summed E-state index contributed by atoms with van der Waals surface area (Å²) in [5, 5.41) is 3.95. The van der Waals surface area contributed by atoms with Crippen LogP contribution in [0.25, 0.3) is 0 Å². The molecule has 1 unspecified atom stereocenters. The molecule has 1 aliphatic heterocycles. The molecule has 1 saturated heterocycles. The minimum Gasteiger partial charge on any atom is -0.469 e. The van der Waals surface area contributed by atoms with Gasteiger partial charge in [0.1, 0.15) is 12.7 Å². The maximum atomic E-state index is 12.1. The van der Waals surface area contributed by atoms with Crippen LogP contribution in [0.3, 0.4) is 0 Å². The molecular formula is C12H18N4O3. The van der Waals surface area contributed by atoms with Gasteiger partial charge in [-0.15, -0.1) is 0 Å². The number of hydrogen-bond donors (Lipinski definition) is 0. The van der Waals surface area contributed by atoms with E-state index in [1.54, 1.807) is 15.9 Å². The van der Waals surface area contributed by atoms with Crippen molar-refractivity contribution in [2.45, 2.75) is 25.8 Å². The molecule has 19 heavy (non-hydrogen) atoms. The van der Waals surface area contributed by atoms with Crippen LogP contribution in [0.2, 0.25) is 0 Å². The van der Waals surface area contributed by atoms with Crippen LogP contribution < -0.4 is 0 Å². The number of aromatic nitrogens is 3. The number of aryl methyl sites for hydroxylation is 1. The second-order valence-electron chi connectivity index (χ2n) is 4.61. The summed E-state index contributed by atoms with van der Waals surface area (Å²) in [6.45, 7) is 1.69. The highest BCUT2D eigenvalue weighted by Crippen LogP contribution is 2.18. The SMILES string of the molecule is COC(=O)C1CCCN(C(=O)CCn2cncn2)C1. The van der Waals surface area contributed by atoms with E-state index < -0.39 is 0 Å². The highest BCUT2D eigenvalue weighted by molar-refractivity contribution is 5.78. The van der Waals surface area contributed by atoms with Gasteiger partial charge in [-0.1, -0.05) is 0 Å². The van der Waals surface area contributed by atoms with Gasteiger partial charge >= 0.3 is 5.97 Å². The zero-order valence-electron chi connectivity index (χ0n) is 11.0. The lowest BCUT2D eigenvalue weighted by Gasteiger charge is -2.31. The number of amides is 1. The highest BCUT2D eigenvalue weighted by Gasteiger charge is 2.28. The predicted molar refractivity (Wildman–Crippen MR) is 66.0 cm³/mol. The third kappa shape index (κ3) is 3.52. The van der Waals surface area contributed by atoms with Crippen LogP contribution in [-0.2, 0) is 20.9 Å². The second kappa shape index (κ2) is 6.31. The number of carbonyl (C=O) groups excluding carboxylic acids is 2. The Balaban J connectivity index is 1.83. The second-order valence-corrected chi connectivity index (χ2v) is 4.61. The minimum atomic E-state index is -0.228. The van der Waals surface area contributed by atoms with E-state index in [2.05, 4.69) is 10.1 Å². The summed E-state index contributed by atoms with van der Waals surface area (Å²) in [5.41, 5.74) is 0. The van der Waals surface area contributed by atoms with E-state index in [4.69, 9.17) is 4.74 Å². The summed E-state index contributed by atoms with van der Waals surface area (Å²) in [4.78, 5) is 29.1. The first-order valence-corrected chi connectivity index (χ1v) is 6.38. The third-order valence-electron chi connectivity index (χ3n) is 3.33. The Hall–Kier alpha value is -1.92. The molecule has 1 amide bonds. The summed E-state index contributed by atoms with van der Waals surface area (Å²) in [6, 6.07) is 0. The number of rotatable bonds is 4. The smallest absolute Gasteiger partial charge is 0.310 e. The van der Waals surface area contributed by atoms with Gasteiger partial charge in [0, 0.05) is 19.5 Å². The van der Waals surface area contributed by atoms with Crippen molar-refractivity contribution in [3.63, 3.8) is 0 Å². The zero-order chi connectivity index (χ0) is 13.7. The Bertz CT molecular complexity index is 432. The predicted octanol–water partition coefficient (Wildman–Crippen LogP) is 0.0798. The molecule has 0 spiro atoms. The van der Waals surface area contributed by atoms with E-state index in [1.807, 2.05) is 0 Å². The minimum absolute atomic E-state index is 0.0455. The molecule has 7 nitrogen and oxygen atoms in total. The van der Waals surface area contributed by atoms with Crippen LogP contribution in [0.5, 0.6) is 0 Å². The topological polar surface area (TPSA) is 77.3 Å². The molecule has 0 saturated carbocycles. The van der Waals surface area contributed by atoms with Crippen molar-refractivity contribution in [1.29, 1.82) is 0 Å². The highest BCUT2D eigenvalue weighted by atomic mass is 16.5. The molecule has 1 aromatic heterocycles. The van der Waals surface area contributed by atoms with Crippen LogP contribution in [-0.4, -0.2) is 51.7 Å². The molecule has 7 heteroatoms. The molecule has 1 aliphatic rings. The monoisotopic (exact) mass is 266 g/mol. The van der Waals surface area contributed by atoms with E-state index in [0.717, 1.165) is 12.8 Å². The van der Waals surface area contributed by atoms with Crippen LogP contribution >= 0.6 is 0 Å². The third-order valence-corrected chi connectivity index (χ3v) is 3.33. The van der Waals surface area contributed by atoms with E-state index in [-0.39, 0.29) is 17.8 Å². The van der Waals surface area contributed by atoms with Crippen molar-refractivity contribution < 1.29 is 14.3 Å². The van der Waals surface area contributed by atoms with E-state index in [1.165, 1.54) is 13.4 Å². The van der Waals surface area contributed by atoms with Crippen molar-refractivity contribution in [3.8, 4) is 0 Å². The van der Waals surface area contributed by atoms with E-state index in [0.29, 0.717) is 26.1 Å². The lowest BCUT2D eigenvalue weighted by molar-refractivity contribution is -0.149. The summed E-state index contributed by atoms with van der Waals surface area (Å²) >= 11 is 0. The van der Waals surface area contributed by atoms with Gasteiger partial charge in [-0.05, 0) is 12.8 Å². The maximum absolute atomic E-state index is 12.1. The number of methoxy groups -OCH3 is 1. The van der Waals surface area contributed by atoms with Crippen LogP contribution in [0.4, 0.5) is 0 Å². The van der Waals surface area contributed by atoms with E-state index >= 15 is 0 Å². The Morgan fingerprint density at radius 2 is 2.32 bits per heavy atom. The Morgan fingerprint density at radius 1 is 1.47 bits per heavy atom. The maximum Gasteiger partial charge on any atom is 0.310 e. The van der Waals surface area contributed by atoms with E-state index in [9.17, 15) is 9.59 Å². The van der Waals surface area contributed by atoms with Crippen molar-refractivity contribution >= 4 is 11.9 Å². The fourth-order valence-corrected chi connectivity index (χ4v) is 2.28. The number of carbonyl (C=O) groups is 2.